The Hall–Kier alpha value is -1.89. The van der Waals surface area contributed by atoms with Crippen molar-refractivity contribution in [2.75, 3.05) is 26.2 Å². The number of rotatable bonds is 25. The molecule has 0 radical (unpaired) electrons. The number of carboxylic acids is 3. The van der Waals surface area contributed by atoms with E-state index in [1.165, 1.54) is 57.8 Å². The Bertz CT molecular complexity index is 607. The number of carboxylic acid groups (broad SMARTS) is 3. The van der Waals surface area contributed by atoms with Gasteiger partial charge in [-0.1, -0.05) is 70.4 Å². The van der Waals surface area contributed by atoms with Gasteiger partial charge in [0.2, 0.25) is 0 Å². The minimum absolute atomic E-state index is 0.220. The molecule has 7 heteroatoms. The molecule has 0 aliphatic heterocycles. The highest BCUT2D eigenvalue weighted by atomic mass is 16.4. The van der Waals surface area contributed by atoms with Crippen LogP contribution in [0.5, 0.6) is 0 Å². The van der Waals surface area contributed by atoms with E-state index in [1.807, 2.05) is 0 Å². The quantitative estimate of drug-likeness (QED) is 0.0670. The second-order valence-corrected chi connectivity index (χ2v) is 11.3. The van der Waals surface area contributed by atoms with Crippen molar-refractivity contribution >= 4 is 17.9 Å². The number of carbonyl (C=O) groups is 3. The van der Waals surface area contributed by atoms with Gasteiger partial charge < -0.3 is 19.8 Å². The first-order valence-corrected chi connectivity index (χ1v) is 14.7. The Morgan fingerprint density at radius 3 is 1.24 bits per heavy atom. The second-order valence-electron chi connectivity index (χ2n) is 11.3. The van der Waals surface area contributed by atoms with Crippen LogP contribution in [0, 0.1) is 17.8 Å². The van der Waals surface area contributed by atoms with Crippen molar-refractivity contribution in [3.63, 3.8) is 0 Å². The van der Waals surface area contributed by atoms with Crippen molar-refractivity contribution in [2.24, 2.45) is 17.8 Å². The van der Waals surface area contributed by atoms with Crippen molar-refractivity contribution in [2.45, 2.75) is 118 Å². The van der Waals surface area contributed by atoms with Crippen LogP contribution in [-0.4, -0.2) is 63.9 Å². The molecule has 7 nitrogen and oxygen atoms in total. The molecule has 3 N–H and O–H groups in total. The van der Waals surface area contributed by atoms with Gasteiger partial charge in [0.05, 0.1) is 26.2 Å². The third-order valence-electron chi connectivity index (χ3n) is 7.39. The zero-order valence-electron chi connectivity index (χ0n) is 24.1. The summed E-state index contributed by atoms with van der Waals surface area (Å²) < 4.78 is 0.220. The first-order chi connectivity index (χ1) is 17.5. The van der Waals surface area contributed by atoms with Gasteiger partial charge >= 0.3 is 17.9 Å². The topological polar surface area (TPSA) is 112 Å². The zero-order chi connectivity index (χ0) is 28.1. The third kappa shape index (κ3) is 18.1. The fourth-order valence-corrected chi connectivity index (χ4v) is 5.17. The highest BCUT2D eigenvalue weighted by molar-refractivity contribution is 5.70. The monoisotopic (exact) mass is 526 g/mol. The fraction of sp³-hybridized carbons (Fsp3) is 0.833. The van der Waals surface area contributed by atoms with Gasteiger partial charge in [-0.15, -0.1) is 0 Å². The number of aliphatic carboxylic acids is 3. The summed E-state index contributed by atoms with van der Waals surface area (Å²) in [6.45, 7) is 8.45. The minimum Gasteiger partial charge on any atom is -0.481 e. The predicted octanol–water partition coefficient (Wildman–Crippen LogP) is 7.00. The number of unbranched alkanes of at least 4 members (excludes halogenated alkanes) is 12. The molecule has 0 rings (SSSR count). The van der Waals surface area contributed by atoms with Crippen LogP contribution in [0.1, 0.15) is 118 Å². The van der Waals surface area contributed by atoms with Crippen LogP contribution in [0.4, 0.5) is 0 Å². The van der Waals surface area contributed by atoms with Gasteiger partial charge in [0.15, 0.2) is 0 Å². The van der Waals surface area contributed by atoms with Gasteiger partial charge in [0.1, 0.15) is 17.8 Å². The van der Waals surface area contributed by atoms with E-state index in [-0.39, 0.29) is 24.1 Å². The van der Waals surface area contributed by atoms with E-state index in [2.05, 4.69) is 19.1 Å². The normalized spacial score (nSPS) is 15.8. The van der Waals surface area contributed by atoms with E-state index in [0.29, 0.717) is 6.54 Å². The molecule has 0 amide bonds. The molecule has 0 aromatic heterocycles. The van der Waals surface area contributed by atoms with Crippen LogP contribution >= 0.6 is 0 Å². The largest absolute Gasteiger partial charge is 0.481 e. The highest BCUT2D eigenvalue weighted by Gasteiger charge is 2.38. The summed E-state index contributed by atoms with van der Waals surface area (Å²) in [5.74, 6) is -4.82. The molecule has 0 aliphatic carbocycles. The summed E-state index contributed by atoms with van der Waals surface area (Å²) in [5.41, 5.74) is 0. The predicted molar refractivity (Wildman–Crippen MR) is 150 cm³/mol. The number of hydrogen-bond donors (Lipinski definition) is 3. The summed E-state index contributed by atoms with van der Waals surface area (Å²) in [4.78, 5) is 34.8. The molecule has 216 valence electrons. The van der Waals surface area contributed by atoms with E-state index in [9.17, 15) is 29.7 Å². The molecule has 37 heavy (non-hydrogen) atoms. The third-order valence-corrected chi connectivity index (χ3v) is 7.39. The van der Waals surface area contributed by atoms with E-state index in [0.717, 1.165) is 32.1 Å². The van der Waals surface area contributed by atoms with Crippen LogP contribution < -0.4 is 0 Å². The average molecular weight is 527 g/mol. The highest BCUT2D eigenvalue weighted by Crippen LogP contribution is 2.22. The summed E-state index contributed by atoms with van der Waals surface area (Å²) in [5, 5.41) is 28.5. The number of quaternary nitrogens is 1. The first-order valence-electron chi connectivity index (χ1n) is 14.7. The number of nitrogens with zero attached hydrogens (tertiary/aromatic N) is 1. The van der Waals surface area contributed by atoms with Crippen molar-refractivity contribution < 1.29 is 34.2 Å². The average Bonchev–Trinajstić information content (AvgIpc) is 2.83. The first kappa shape index (κ1) is 35.1. The summed E-state index contributed by atoms with van der Waals surface area (Å²) in [6.07, 6.45) is 21.4. The van der Waals surface area contributed by atoms with Crippen molar-refractivity contribution in [1.82, 2.24) is 0 Å². The molecule has 0 saturated carbocycles. The van der Waals surface area contributed by atoms with Gasteiger partial charge in [0, 0.05) is 0 Å². The molecular formula is C30H56NO6+. The molecule has 0 spiro atoms. The fourth-order valence-electron chi connectivity index (χ4n) is 5.17. The maximum atomic E-state index is 11.6. The summed E-state index contributed by atoms with van der Waals surface area (Å²) in [6, 6.07) is 0. The van der Waals surface area contributed by atoms with Gasteiger partial charge in [-0.25, -0.2) is 0 Å². The standard InChI is InChI=1S/C30H55NO6/c1-5-6-7-8-9-10-11-12-13-14-15-16-17-18-19-20-21-31(22-25(2)28(32)33,23-26(3)29(34)35)24-27(4)30(36)37/h12-13,25-27H,5-11,14-24H2,1-4H3,(H2-,32,33,34,35,36,37)/p+1/b13-12+. The maximum Gasteiger partial charge on any atom is 0.311 e. The smallest absolute Gasteiger partial charge is 0.311 e. The molecule has 0 fully saturated rings. The number of allylic oxidation sites excluding steroid dienone is 2. The van der Waals surface area contributed by atoms with Gasteiger partial charge in [-0.05, 0) is 59.3 Å². The lowest BCUT2D eigenvalue weighted by Gasteiger charge is -2.42. The van der Waals surface area contributed by atoms with Crippen LogP contribution in [-0.2, 0) is 14.4 Å². The van der Waals surface area contributed by atoms with Gasteiger partial charge in [0.25, 0.3) is 0 Å². The molecule has 0 aliphatic rings. The van der Waals surface area contributed by atoms with E-state index in [1.54, 1.807) is 20.8 Å². The molecule has 0 saturated heterocycles. The lowest BCUT2D eigenvalue weighted by atomic mass is 10.0. The van der Waals surface area contributed by atoms with Gasteiger partial charge in [-0.2, -0.15) is 0 Å². The van der Waals surface area contributed by atoms with Crippen LogP contribution in [0.3, 0.4) is 0 Å². The Morgan fingerprint density at radius 2 is 0.892 bits per heavy atom. The Kier molecular flexibility index (Phi) is 20.0. The lowest BCUT2D eigenvalue weighted by molar-refractivity contribution is -0.934. The van der Waals surface area contributed by atoms with Crippen molar-refractivity contribution in [1.29, 1.82) is 0 Å². The summed E-state index contributed by atoms with van der Waals surface area (Å²) in [7, 11) is 0. The SMILES string of the molecule is CCCCCCCC/C=C/CCCCCCCC[N+](CC(C)C(=O)O)(CC(C)C(=O)O)CC(C)C(=O)O. The molecule has 0 aromatic carbocycles. The molecule has 0 heterocycles. The molecule has 3 unspecified atom stereocenters. The molecule has 3 atom stereocenters. The number of hydrogen-bond acceptors (Lipinski definition) is 3. The minimum atomic E-state index is -0.936. The van der Waals surface area contributed by atoms with Crippen LogP contribution in [0.2, 0.25) is 0 Å². The molecular weight excluding hydrogens is 470 g/mol. The van der Waals surface area contributed by atoms with Crippen molar-refractivity contribution in [3.8, 4) is 0 Å². The maximum absolute atomic E-state index is 11.6. The van der Waals surface area contributed by atoms with Gasteiger partial charge in [-0.3, -0.25) is 14.4 Å². The van der Waals surface area contributed by atoms with Crippen LogP contribution in [0.25, 0.3) is 0 Å². The lowest BCUT2D eigenvalue weighted by Crippen LogP contribution is -2.57. The molecule has 0 aromatic rings. The van der Waals surface area contributed by atoms with E-state index in [4.69, 9.17) is 0 Å². The molecule has 0 bridgehead atoms. The Labute approximate surface area is 225 Å². The van der Waals surface area contributed by atoms with E-state index < -0.39 is 35.7 Å². The van der Waals surface area contributed by atoms with Crippen molar-refractivity contribution in [3.05, 3.63) is 12.2 Å². The zero-order valence-corrected chi connectivity index (χ0v) is 24.1. The second kappa shape index (κ2) is 21.1. The summed E-state index contributed by atoms with van der Waals surface area (Å²) >= 11 is 0. The van der Waals surface area contributed by atoms with E-state index >= 15 is 0 Å². The Morgan fingerprint density at radius 1 is 0.568 bits per heavy atom. The Balaban J connectivity index is 4.54. The van der Waals surface area contributed by atoms with Crippen LogP contribution in [0.15, 0.2) is 12.2 Å².